The molecule has 0 bridgehead atoms. The van der Waals surface area contributed by atoms with Crippen molar-refractivity contribution in [3.05, 3.63) is 151 Å². The van der Waals surface area contributed by atoms with E-state index in [1.807, 2.05) is 0 Å². The van der Waals surface area contributed by atoms with Crippen LogP contribution in [0, 0.1) is 13.8 Å². The van der Waals surface area contributed by atoms with Crippen LogP contribution in [0.3, 0.4) is 0 Å². The summed E-state index contributed by atoms with van der Waals surface area (Å²) >= 11 is 0. The molecule has 0 radical (unpaired) electrons. The summed E-state index contributed by atoms with van der Waals surface area (Å²) in [5, 5.41) is 5.88. The fourth-order valence-electron chi connectivity index (χ4n) is 14.6. The molecule has 0 heteroatoms. The average molecular weight is 751 g/mol. The van der Waals surface area contributed by atoms with Crippen molar-refractivity contribution in [1.29, 1.82) is 0 Å². The first-order valence-electron chi connectivity index (χ1n) is 22.0. The summed E-state index contributed by atoms with van der Waals surface area (Å²) in [6.07, 6.45) is 0. The van der Waals surface area contributed by atoms with Crippen LogP contribution in [0.15, 0.2) is 72.8 Å². The fraction of sp³-hybridized carbons (Fsp3) is 0.345. The predicted molar refractivity (Wildman–Crippen MR) is 245 cm³/mol. The van der Waals surface area contributed by atoms with Gasteiger partial charge in [-0.05, 0) is 159 Å². The largest absolute Gasteiger partial charge is 0.0613 e. The van der Waals surface area contributed by atoms with Gasteiger partial charge in [-0.1, -0.05) is 155 Å². The molecule has 58 heavy (non-hydrogen) atoms. The normalized spacial score (nSPS) is 20.4. The smallest absolute Gasteiger partial charge is 0.0162 e. The SMILES string of the molecule is Cc1cc2c3c(c1)C(C)(C)c1cccc4c5c(c(c-3c14)C2(C)C)C(C)(C)c1cc2c(cc1-5)C(C)(C)c1c3c4c5c(cccc5c1-2)C(C)(C)c1cc(C)cc(c1-4)C3(C)C. The van der Waals surface area contributed by atoms with Crippen molar-refractivity contribution in [3.8, 4) is 44.5 Å². The molecule has 0 saturated carbocycles. The molecule has 0 nitrogen and oxygen atoms in total. The van der Waals surface area contributed by atoms with Crippen LogP contribution in [0.4, 0.5) is 0 Å². The number of aryl methyl sites for hydroxylation is 2. The molecule has 6 aliphatic carbocycles. The van der Waals surface area contributed by atoms with Crippen molar-refractivity contribution in [2.45, 2.75) is 129 Å². The average Bonchev–Trinajstić information content (AvgIpc) is 3.72. The highest BCUT2D eigenvalue weighted by molar-refractivity contribution is 6.19. The van der Waals surface area contributed by atoms with Crippen LogP contribution >= 0.6 is 0 Å². The Hall–Kier alpha value is -4.94. The van der Waals surface area contributed by atoms with Gasteiger partial charge in [-0.25, -0.2) is 0 Å². The summed E-state index contributed by atoms with van der Waals surface area (Å²) in [4.78, 5) is 0. The van der Waals surface area contributed by atoms with Gasteiger partial charge in [0.15, 0.2) is 0 Å². The lowest BCUT2D eigenvalue weighted by molar-refractivity contribution is 0.598. The van der Waals surface area contributed by atoms with Crippen molar-refractivity contribution >= 4 is 21.5 Å². The van der Waals surface area contributed by atoms with Gasteiger partial charge in [0.2, 0.25) is 0 Å². The third kappa shape index (κ3) is 3.23. The molecule has 0 N–H and O–H groups in total. The highest BCUT2D eigenvalue weighted by Gasteiger charge is 2.55. The molecule has 7 aromatic rings. The second-order valence-corrected chi connectivity index (χ2v) is 22.6. The van der Waals surface area contributed by atoms with Gasteiger partial charge in [-0.2, -0.15) is 0 Å². The summed E-state index contributed by atoms with van der Waals surface area (Å²) in [5.74, 6) is 0. The Kier molecular flexibility index (Phi) is 5.42. The molecule has 6 aliphatic rings. The van der Waals surface area contributed by atoms with Crippen LogP contribution in [0.25, 0.3) is 66.1 Å². The number of fused-ring (bicyclic) bond motifs is 10. The van der Waals surface area contributed by atoms with E-state index in [9.17, 15) is 0 Å². The summed E-state index contributed by atoms with van der Waals surface area (Å²) in [6.45, 7) is 34.8. The van der Waals surface area contributed by atoms with E-state index in [2.05, 4.69) is 170 Å². The summed E-state index contributed by atoms with van der Waals surface area (Å²) in [7, 11) is 0. The highest BCUT2D eigenvalue weighted by Crippen LogP contribution is 2.70. The standard InChI is InChI=1S/C58H54/c1-27-21-37-45-39(23-27)57(11,12)51-47(45)43-29(17-15-19-33(43)53(37,3)4)41-31-25-36-32(26-35(31)55(7,8)49(41)51)42-30-18-16-20-34-44(30)48-46-38(54(34,5)6)22-28(2)24-40(46)58(13,14)52(48)50(42)56(36,9)10/h15-26H,1-14H3. The Labute approximate surface area is 344 Å². The first-order chi connectivity index (χ1) is 27.2. The Balaban J connectivity index is 1.17. The molecule has 0 atom stereocenters. The summed E-state index contributed by atoms with van der Waals surface area (Å²) in [6, 6.07) is 30.0. The molecule has 0 unspecified atom stereocenters. The van der Waals surface area contributed by atoms with Crippen LogP contribution in [-0.2, 0) is 32.5 Å². The third-order valence-electron chi connectivity index (χ3n) is 17.3. The summed E-state index contributed by atoms with van der Waals surface area (Å²) in [5.41, 5.74) is 32.2. The number of benzene rings is 7. The maximum absolute atomic E-state index is 2.70. The first kappa shape index (κ1) is 34.0. The van der Waals surface area contributed by atoms with E-state index in [4.69, 9.17) is 0 Å². The van der Waals surface area contributed by atoms with Crippen molar-refractivity contribution in [1.82, 2.24) is 0 Å². The lowest BCUT2D eigenvalue weighted by atomic mass is 9.66. The maximum Gasteiger partial charge on any atom is 0.0162 e. The lowest BCUT2D eigenvalue weighted by Crippen LogP contribution is -2.25. The monoisotopic (exact) mass is 750 g/mol. The van der Waals surface area contributed by atoms with E-state index in [1.54, 1.807) is 22.3 Å². The number of rotatable bonds is 0. The molecule has 0 aromatic heterocycles. The third-order valence-corrected chi connectivity index (χ3v) is 17.3. The highest BCUT2D eigenvalue weighted by atomic mass is 14.6. The minimum Gasteiger partial charge on any atom is -0.0613 e. The van der Waals surface area contributed by atoms with Gasteiger partial charge in [0, 0.05) is 32.5 Å². The topological polar surface area (TPSA) is 0 Å². The molecule has 0 amide bonds. The molecule has 0 saturated heterocycles. The maximum atomic E-state index is 2.70. The molecule has 0 spiro atoms. The molecular formula is C58H54. The van der Waals surface area contributed by atoms with Gasteiger partial charge < -0.3 is 0 Å². The second-order valence-electron chi connectivity index (χ2n) is 22.6. The van der Waals surface area contributed by atoms with E-state index >= 15 is 0 Å². The van der Waals surface area contributed by atoms with Crippen LogP contribution < -0.4 is 0 Å². The van der Waals surface area contributed by atoms with Crippen molar-refractivity contribution in [3.63, 3.8) is 0 Å². The molecule has 286 valence electrons. The van der Waals surface area contributed by atoms with Crippen LogP contribution in [-0.4, -0.2) is 0 Å². The number of hydrogen-bond acceptors (Lipinski definition) is 0. The molecule has 13 rings (SSSR count). The van der Waals surface area contributed by atoms with Gasteiger partial charge in [0.05, 0.1) is 0 Å². The Morgan fingerprint density at radius 3 is 0.966 bits per heavy atom. The molecule has 0 fully saturated rings. The number of hydrogen-bond donors (Lipinski definition) is 0. The van der Waals surface area contributed by atoms with Crippen molar-refractivity contribution < 1.29 is 0 Å². The molecule has 0 aliphatic heterocycles. The first-order valence-corrected chi connectivity index (χ1v) is 22.0. The minimum atomic E-state index is -0.183. The Morgan fingerprint density at radius 1 is 0.293 bits per heavy atom. The Bertz CT molecular complexity index is 3050. The zero-order chi connectivity index (χ0) is 40.5. The van der Waals surface area contributed by atoms with Crippen LogP contribution in [0.1, 0.15) is 161 Å². The van der Waals surface area contributed by atoms with Gasteiger partial charge in [0.1, 0.15) is 0 Å². The van der Waals surface area contributed by atoms with E-state index in [1.165, 1.54) is 122 Å². The molecule has 7 aromatic carbocycles. The van der Waals surface area contributed by atoms with E-state index in [0.717, 1.165) is 0 Å². The Morgan fingerprint density at radius 2 is 0.603 bits per heavy atom. The zero-order valence-electron chi connectivity index (χ0n) is 36.9. The van der Waals surface area contributed by atoms with Crippen molar-refractivity contribution in [2.24, 2.45) is 0 Å². The van der Waals surface area contributed by atoms with Gasteiger partial charge in [-0.15, -0.1) is 0 Å². The van der Waals surface area contributed by atoms with E-state index < -0.39 is 0 Å². The van der Waals surface area contributed by atoms with Crippen molar-refractivity contribution in [2.75, 3.05) is 0 Å². The van der Waals surface area contributed by atoms with Gasteiger partial charge in [-0.3, -0.25) is 0 Å². The van der Waals surface area contributed by atoms with Gasteiger partial charge in [0.25, 0.3) is 0 Å². The van der Waals surface area contributed by atoms with Crippen LogP contribution in [0.2, 0.25) is 0 Å². The fourth-order valence-corrected chi connectivity index (χ4v) is 14.6. The minimum absolute atomic E-state index is 0.0889. The summed E-state index contributed by atoms with van der Waals surface area (Å²) < 4.78 is 0. The van der Waals surface area contributed by atoms with E-state index in [-0.39, 0.29) is 32.5 Å². The predicted octanol–water partition coefficient (Wildman–Crippen LogP) is 15.1. The van der Waals surface area contributed by atoms with E-state index in [0.29, 0.717) is 0 Å². The molecule has 0 heterocycles. The zero-order valence-corrected chi connectivity index (χ0v) is 36.9. The quantitative estimate of drug-likeness (QED) is 0.145. The lowest BCUT2D eigenvalue weighted by Gasteiger charge is -2.36. The second kappa shape index (κ2) is 9.26. The van der Waals surface area contributed by atoms with Gasteiger partial charge >= 0.3 is 0 Å². The molecular weight excluding hydrogens is 697 g/mol. The van der Waals surface area contributed by atoms with Crippen LogP contribution in [0.5, 0.6) is 0 Å².